The summed E-state index contributed by atoms with van der Waals surface area (Å²) in [5, 5.41) is 2.75. The Morgan fingerprint density at radius 1 is 1.07 bits per heavy atom. The van der Waals surface area contributed by atoms with E-state index in [9.17, 15) is 13.2 Å². The summed E-state index contributed by atoms with van der Waals surface area (Å²) < 4.78 is 43.0. The molecular formula is C18H19N3O6S. The molecule has 2 aromatic rings. The van der Waals surface area contributed by atoms with Crippen LogP contribution in [0.1, 0.15) is 6.92 Å². The van der Waals surface area contributed by atoms with Crippen molar-refractivity contribution in [2.45, 2.75) is 13.0 Å². The van der Waals surface area contributed by atoms with E-state index in [-0.39, 0.29) is 12.7 Å². The van der Waals surface area contributed by atoms with E-state index in [4.69, 9.17) is 14.2 Å². The maximum absolute atomic E-state index is 12.5. The van der Waals surface area contributed by atoms with E-state index in [1.807, 2.05) is 0 Å². The van der Waals surface area contributed by atoms with Gasteiger partial charge in [-0.05, 0) is 37.3 Å². The summed E-state index contributed by atoms with van der Waals surface area (Å²) in [7, 11) is -0.613. The van der Waals surface area contributed by atoms with E-state index >= 15 is 0 Å². The molecular weight excluding hydrogens is 386 g/mol. The van der Waals surface area contributed by atoms with Crippen LogP contribution in [0.15, 0.2) is 36.4 Å². The highest BCUT2D eigenvalue weighted by Gasteiger charge is 2.35. The van der Waals surface area contributed by atoms with Gasteiger partial charge in [-0.25, -0.2) is 0 Å². The zero-order valence-corrected chi connectivity index (χ0v) is 16.3. The zero-order chi connectivity index (χ0) is 20.1. The average molecular weight is 405 g/mol. The molecule has 0 saturated heterocycles. The molecule has 0 aromatic heterocycles. The minimum atomic E-state index is -3.56. The van der Waals surface area contributed by atoms with Gasteiger partial charge in [0.1, 0.15) is 5.75 Å². The molecule has 10 heteroatoms. The second kappa shape index (κ2) is 6.48. The van der Waals surface area contributed by atoms with Crippen molar-refractivity contribution in [1.82, 2.24) is 0 Å². The first-order valence-corrected chi connectivity index (χ1v) is 9.91. The monoisotopic (exact) mass is 405 g/mol. The first-order chi connectivity index (χ1) is 13.3. The third kappa shape index (κ3) is 2.95. The molecule has 1 amide bonds. The molecule has 0 aliphatic carbocycles. The number of fused-ring (bicyclic) bond motifs is 2. The summed E-state index contributed by atoms with van der Waals surface area (Å²) in [6.07, 6.45) is -0.780. The Hall–Kier alpha value is -3.14. The Bertz CT molecular complexity index is 1060. The number of nitrogens with one attached hydrogen (secondary N) is 1. The van der Waals surface area contributed by atoms with Crippen molar-refractivity contribution < 1.29 is 27.4 Å². The van der Waals surface area contributed by atoms with Crippen LogP contribution < -0.4 is 28.1 Å². The topological polar surface area (TPSA) is 97.4 Å². The number of hydrogen-bond acceptors (Lipinski definition) is 6. The second-order valence-corrected chi connectivity index (χ2v) is 8.40. The number of rotatable bonds is 4. The number of carbonyl (C=O) groups is 1. The molecule has 0 radical (unpaired) electrons. The van der Waals surface area contributed by atoms with Gasteiger partial charge < -0.3 is 19.5 Å². The number of anilines is 3. The van der Waals surface area contributed by atoms with E-state index < -0.39 is 16.3 Å². The van der Waals surface area contributed by atoms with Crippen molar-refractivity contribution >= 4 is 33.2 Å². The zero-order valence-electron chi connectivity index (χ0n) is 15.5. The van der Waals surface area contributed by atoms with Gasteiger partial charge in [-0.1, -0.05) is 0 Å². The Morgan fingerprint density at radius 2 is 1.79 bits per heavy atom. The van der Waals surface area contributed by atoms with Crippen LogP contribution in [0.4, 0.5) is 17.1 Å². The van der Waals surface area contributed by atoms with Gasteiger partial charge in [-0.15, -0.1) is 0 Å². The van der Waals surface area contributed by atoms with Crippen LogP contribution in [0.3, 0.4) is 0 Å². The number of benzene rings is 2. The molecule has 2 aliphatic heterocycles. The molecule has 0 fully saturated rings. The van der Waals surface area contributed by atoms with Gasteiger partial charge in [0.05, 0.1) is 11.4 Å². The molecule has 0 bridgehead atoms. The molecule has 9 nitrogen and oxygen atoms in total. The fourth-order valence-corrected chi connectivity index (χ4v) is 4.17. The van der Waals surface area contributed by atoms with E-state index in [1.54, 1.807) is 43.3 Å². The van der Waals surface area contributed by atoms with Crippen molar-refractivity contribution in [2.24, 2.45) is 0 Å². The molecule has 0 saturated carbocycles. The molecule has 4 rings (SSSR count). The van der Waals surface area contributed by atoms with Crippen LogP contribution >= 0.6 is 0 Å². The second-order valence-electron chi connectivity index (χ2n) is 6.41. The first kappa shape index (κ1) is 18.2. The molecule has 1 N–H and O–H groups in total. The quantitative estimate of drug-likeness (QED) is 0.835. The van der Waals surface area contributed by atoms with Crippen LogP contribution in [0.25, 0.3) is 0 Å². The highest BCUT2D eigenvalue weighted by molar-refractivity contribution is 7.94. The van der Waals surface area contributed by atoms with Gasteiger partial charge in [0, 0.05) is 25.8 Å². The smallest absolute Gasteiger partial charge is 0.326 e. The standard InChI is InChI=1S/C18H19N3O6S/c1-11(27-13-5-7-16-17(9-13)26-10-25-16)18(22)19-12-4-6-14-15(8-12)21(3)28(23,24)20(14)2/h4-9,11H,10H2,1-3H3,(H,19,22). The Balaban J connectivity index is 1.46. The Kier molecular flexibility index (Phi) is 4.22. The summed E-state index contributed by atoms with van der Waals surface area (Å²) >= 11 is 0. The number of carbonyl (C=O) groups excluding carboxylic acids is 1. The van der Waals surface area contributed by atoms with Crippen molar-refractivity contribution in [3.8, 4) is 17.2 Å². The summed E-state index contributed by atoms with van der Waals surface area (Å²) in [5.74, 6) is 1.31. The number of hydrogen-bond donors (Lipinski definition) is 1. The molecule has 28 heavy (non-hydrogen) atoms. The van der Waals surface area contributed by atoms with Crippen molar-refractivity contribution in [1.29, 1.82) is 0 Å². The highest BCUT2D eigenvalue weighted by atomic mass is 32.2. The van der Waals surface area contributed by atoms with Crippen LogP contribution in [0.2, 0.25) is 0 Å². The lowest BCUT2D eigenvalue weighted by molar-refractivity contribution is -0.122. The molecule has 2 aliphatic rings. The van der Waals surface area contributed by atoms with Gasteiger partial charge >= 0.3 is 10.2 Å². The van der Waals surface area contributed by atoms with Gasteiger partial charge in [-0.2, -0.15) is 8.42 Å². The fourth-order valence-electron chi connectivity index (χ4n) is 3.00. The van der Waals surface area contributed by atoms with Gasteiger partial charge in [0.2, 0.25) is 6.79 Å². The van der Waals surface area contributed by atoms with Crippen molar-refractivity contribution in [3.05, 3.63) is 36.4 Å². The normalized spacial score (nSPS) is 17.2. The minimum absolute atomic E-state index is 0.159. The Morgan fingerprint density at radius 3 is 2.57 bits per heavy atom. The van der Waals surface area contributed by atoms with Crippen LogP contribution in [-0.4, -0.2) is 41.3 Å². The number of nitrogens with zero attached hydrogens (tertiary/aromatic N) is 2. The van der Waals surface area contributed by atoms with Gasteiger partial charge in [0.25, 0.3) is 5.91 Å². The third-order valence-electron chi connectivity index (χ3n) is 4.64. The molecule has 2 heterocycles. The van der Waals surface area contributed by atoms with Crippen molar-refractivity contribution in [3.63, 3.8) is 0 Å². The number of ether oxygens (including phenoxy) is 3. The lowest BCUT2D eigenvalue weighted by Gasteiger charge is -2.16. The van der Waals surface area contributed by atoms with Gasteiger partial charge in [0.15, 0.2) is 17.6 Å². The maximum Gasteiger partial charge on any atom is 0.326 e. The third-order valence-corrected chi connectivity index (χ3v) is 6.42. The number of amides is 1. The summed E-state index contributed by atoms with van der Waals surface area (Å²) in [4.78, 5) is 12.5. The largest absolute Gasteiger partial charge is 0.481 e. The predicted octanol–water partition coefficient (Wildman–Crippen LogP) is 1.95. The lowest BCUT2D eigenvalue weighted by Crippen LogP contribution is -2.32. The minimum Gasteiger partial charge on any atom is -0.481 e. The van der Waals surface area contributed by atoms with Crippen LogP contribution in [0, 0.1) is 0 Å². The van der Waals surface area contributed by atoms with E-state index in [1.165, 1.54) is 22.7 Å². The first-order valence-electron chi connectivity index (χ1n) is 8.51. The average Bonchev–Trinajstić information content (AvgIpc) is 3.19. The molecule has 0 spiro atoms. The van der Waals surface area contributed by atoms with Crippen molar-refractivity contribution in [2.75, 3.05) is 34.8 Å². The van der Waals surface area contributed by atoms with E-state index in [2.05, 4.69) is 5.32 Å². The summed E-state index contributed by atoms with van der Waals surface area (Å²) in [5.41, 5.74) is 1.51. The maximum atomic E-state index is 12.5. The van der Waals surface area contributed by atoms with E-state index in [0.717, 1.165) is 0 Å². The molecule has 1 unspecified atom stereocenters. The summed E-state index contributed by atoms with van der Waals surface area (Å²) in [6.45, 7) is 1.78. The highest BCUT2D eigenvalue weighted by Crippen LogP contribution is 2.40. The molecule has 148 valence electrons. The van der Waals surface area contributed by atoms with E-state index in [0.29, 0.717) is 34.3 Å². The molecule has 1 atom stereocenters. The summed E-state index contributed by atoms with van der Waals surface area (Å²) in [6, 6.07) is 9.99. The lowest BCUT2D eigenvalue weighted by atomic mass is 10.2. The predicted molar refractivity (Wildman–Crippen MR) is 103 cm³/mol. The van der Waals surface area contributed by atoms with Crippen LogP contribution in [0.5, 0.6) is 17.2 Å². The SMILES string of the molecule is CC(Oc1ccc2c(c1)OCO2)C(=O)Nc1ccc2c(c1)N(C)S(=O)(=O)N2C. The Labute approximate surface area is 162 Å². The van der Waals surface area contributed by atoms with Crippen LogP contribution in [-0.2, 0) is 15.0 Å². The molecule has 2 aromatic carbocycles. The fraction of sp³-hybridized carbons (Fsp3) is 0.278. The van der Waals surface area contributed by atoms with Gasteiger partial charge in [-0.3, -0.25) is 13.4 Å².